The highest BCUT2D eigenvalue weighted by Crippen LogP contribution is 2.27. The smallest absolute Gasteiger partial charge is 0.252 e. The molecule has 8 heteroatoms. The van der Waals surface area contributed by atoms with Gasteiger partial charge in [-0.05, 0) is 55.3 Å². The first kappa shape index (κ1) is 32.2. The van der Waals surface area contributed by atoms with Gasteiger partial charge in [0.15, 0.2) is 0 Å². The summed E-state index contributed by atoms with van der Waals surface area (Å²) in [7, 11) is 1.86. The van der Waals surface area contributed by atoms with E-state index in [4.69, 9.17) is 9.47 Å². The summed E-state index contributed by atoms with van der Waals surface area (Å²) in [5, 5.41) is 5.98. The molecule has 0 atom stereocenters. The molecule has 0 aliphatic carbocycles. The van der Waals surface area contributed by atoms with Crippen molar-refractivity contribution >= 4 is 12.2 Å². The molecule has 2 heterocycles. The highest BCUT2D eigenvalue weighted by molar-refractivity contribution is 5.99. The average molecular weight is 609 g/mol. The third-order valence-corrected chi connectivity index (χ3v) is 8.54. The van der Waals surface area contributed by atoms with Crippen LogP contribution < -0.4 is 15.4 Å². The van der Waals surface area contributed by atoms with E-state index in [2.05, 4.69) is 69.0 Å². The summed E-state index contributed by atoms with van der Waals surface area (Å²) >= 11 is 0. The molecule has 3 aromatic carbocycles. The number of amides is 1. The Hall–Kier alpha value is -4.24. The number of hydrogen-bond acceptors (Lipinski definition) is 7. The van der Waals surface area contributed by atoms with Crippen molar-refractivity contribution in [1.29, 1.82) is 0 Å². The van der Waals surface area contributed by atoms with E-state index in [1.807, 2.05) is 45.2 Å². The number of nitrogens with zero attached hydrogens (tertiary/aromatic N) is 2. The van der Waals surface area contributed by atoms with Crippen LogP contribution in [0.25, 0.3) is 0 Å². The van der Waals surface area contributed by atoms with Crippen molar-refractivity contribution in [2.24, 2.45) is 0 Å². The fourth-order valence-corrected chi connectivity index (χ4v) is 5.82. The molecular formula is C37H44N4O4. The fourth-order valence-electron chi connectivity index (χ4n) is 5.82. The Labute approximate surface area is 266 Å². The van der Waals surface area contributed by atoms with Gasteiger partial charge in [0.1, 0.15) is 25.2 Å². The normalized spacial score (nSPS) is 16.2. The molecule has 1 saturated heterocycles. The number of benzene rings is 3. The van der Waals surface area contributed by atoms with Crippen LogP contribution in [0, 0.1) is 0 Å². The number of hydrogen-bond donors (Lipinski definition) is 2. The second-order valence-electron chi connectivity index (χ2n) is 11.7. The molecule has 0 spiro atoms. The predicted octanol–water partition coefficient (Wildman–Crippen LogP) is 4.98. The molecule has 0 saturated carbocycles. The van der Waals surface area contributed by atoms with Crippen LogP contribution in [0.1, 0.15) is 52.0 Å². The molecule has 0 aromatic heterocycles. The molecule has 1 fully saturated rings. The number of rotatable bonds is 14. The van der Waals surface area contributed by atoms with E-state index < -0.39 is 0 Å². The van der Waals surface area contributed by atoms with Gasteiger partial charge in [0.25, 0.3) is 5.91 Å². The minimum atomic E-state index is -0.0312. The molecule has 2 aliphatic rings. The number of ether oxygens (including phenoxy) is 2. The Morgan fingerprint density at radius 2 is 1.44 bits per heavy atom. The van der Waals surface area contributed by atoms with Gasteiger partial charge in [-0.15, -0.1) is 0 Å². The lowest BCUT2D eigenvalue weighted by Gasteiger charge is -2.34. The lowest BCUT2D eigenvalue weighted by Crippen LogP contribution is -2.45. The monoisotopic (exact) mass is 608 g/mol. The van der Waals surface area contributed by atoms with Gasteiger partial charge in [0, 0.05) is 74.6 Å². The van der Waals surface area contributed by atoms with Crippen molar-refractivity contribution < 1.29 is 19.1 Å². The molecule has 5 rings (SSSR count). The number of piperazine rings is 1. The van der Waals surface area contributed by atoms with Gasteiger partial charge in [-0.25, -0.2) is 0 Å². The topological polar surface area (TPSA) is 83.1 Å². The summed E-state index contributed by atoms with van der Waals surface area (Å²) in [6.07, 6.45) is 2.70. The lowest BCUT2D eigenvalue weighted by atomic mass is 10.1. The van der Waals surface area contributed by atoms with Crippen LogP contribution in [0.5, 0.6) is 5.75 Å². The molecule has 236 valence electrons. The Bertz CT molecular complexity index is 1520. The van der Waals surface area contributed by atoms with Gasteiger partial charge >= 0.3 is 0 Å². The van der Waals surface area contributed by atoms with Crippen LogP contribution in [0.15, 0.2) is 89.7 Å². The zero-order chi connectivity index (χ0) is 31.6. The maximum absolute atomic E-state index is 11.9. The zero-order valence-electron chi connectivity index (χ0n) is 26.6. The van der Waals surface area contributed by atoms with Gasteiger partial charge in [-0.1, -0.05) is 60.7 Å². The molecule has 8 nitrogen and oxygen atoms in total. The summed E-state index contributed by atoms with van der Waals surface area (Å²) in [6, 6.07) is 22.9. The van der Waals surface area contributed by atoms with Crippen molar-refractivity contribution in [2.45, 2.75) is 46.7 Å². The Kier molecular flexibility index (Phi) is 11.2. The average Bonchev–Trinajstić information content (AvgIpc) is 3.46. The standard InChI is InChI=1S/C37H44N4O4/c1-4-32(24-42)34(20-38-3)27(2)44-25-30-12-8-28(9-13-30)22-40-16-18-41(19-17-40)23-29-10-14-31(15-11-29)26-45-36-7-5-6-33-35(36)21-39-37(33)43/h4-15,24,38H,16-23,25-26H2,1-3H3,(H,39,43)/b32-4-,34-27+. The van der Waals surface area contributed by atoms with Crippen molar-refractivity contribution in [2.75, 3.05) is 39.8 Å². The summed E-state index contributed by atoms with van der Waals surface area (Å²) in [5.74, 6) is 1.51. The number of carbonyl (C=O) groups excluding carboxylic acids is 2. The Morgan fingerprint density at radius 3 is 2.00 bits per heavy atom. The van der Waals surface area contributed by atoms with Gasteiger partial charge < -0.3 is 20.1 Å². The maximum Gasteiger partial charge on any atom is 0.252 e. The zero-order valence-corrected chi connectivity index (χ0v) is 26.6. The van der Waals surface area contributed by atoms with E-state index in [0.29, 0.717) is 37.4 Å². The minimum Gasteiger partial charge on any atom is -0.493 e. The first-order valence-electron chi connectivity index (χ1n) is 15.7. The molecule has 45 heavy (non-hydrogen) atoms. The summed E-state index contributed by atoms with van der Waals surface area (Å²) in [6.45, 7) is 11.9. The first-order chi connectivity index (χ1) is 22.0. The van der Waals surface area contributed by atoms with Crippen LogP contribution in [-0.4, -0.2) is 61.8 Å². The number of likely N-dealkylation sites (N-methyl/N-ethyl adjacent to an activating group) is 1. The van der Waals surface area contributed by atoms with Gasteiger partial charge in [0.2, 0.25) is 0 Å². The first-order valence-corrected chi connectivity index (χ1v) is 15.7. The molecule has 2 N–H and O–H groups in total. The Balaban J connectivity index is 1.04. The molecule has 2 aliphatic heterocycles. The van der Waals surface area contributed by atoms with Gasteiger partial charge in [-0.3, -0.25) is 19.4 Å². The molecule has 0 bridgehead atoms. The van der Waals surface area contributed by atoms with E-state index in [-0.39, 0.29) is 5.91 Å². The van der Waals surface area contributed by atoms with Gasteiger partial charge in [-0.2, -0.15) is 0 Å². The van der Waals surface area contributed by atoms with Gasteiger partial charge in [0.05, 0.1) is 5.76 Å². The summed E-state index contributed by atoms with van der Waals surface area (Å²) in [5.41, 5.74) is 8.01. The minimum absolute atomic E-state index is 0.0312. The Morgan fingerprint density at radius 1 is 0.867 bits per heavy atom. The number of aldehydes is 1. The lowest BCUT2D eigenvalue weighted by molar-refractivity contribution is -0.104. The van der Waals surface area contributed by atoms with Crippen LogP contribution in [0.4, 0.5) is 0 Å². The van der Waals surface area contributed by atoms with E-state index in [1.165, 1.54) is 11.1 Å². The summed E-state index contributed by atoms with van der Waals surface area (Å²) in [4.78, 5) is 28.4. The molecule has 3 aromatic rings. The van der Waals surface area contributed by atoms with Crippen LogP contribution >= 0.6 is 0 Å². The van der Waals surface area contributed by atoms with Crippen molar-refractivity contribution in [3.63, 3.8) is 0 Å². The highest BCUT2D eigenvalue weighted by atomic mass is 16.5. The van der Waals surface area contributed by atoms with E-state index in [0.717, 1.165) is 79.3 Å². The van der Waals surface area contributed by atoms with E-state index >= 15 is 0 Å². The predicted molar refractivity (Wildman–Crippen MR) is 177 cm³/mol. The van der Waals surface area contributed by atoms with E-state index in [9.17, 15) is 9.59 Å². The quantitative estimate of drug-likeness (QED) is 0.116. The third kappa shape index (κ3) is 8.48. The third-order valence-electron chi connectivity index (χ3n) is 8.54. The van der Waals surface area contributed by atoms with Crippen molar-refractivity contribution in [1.82, 2.24) is 20.4 Å². The number of nitrogens with one attached hydrogen (secondary N) is 2. The SMILES string of the molecule is C/C=C(C=O)\C(CNC)=C(/C)OCc1ccc(CN2CCN(Cc3ccc(COc4cccc5c4CNC5=O)cc3)CC2)cc1. The second-order valence-corrected chi connectivity index (χ2v) is 11.7. The highest BCUT2D eigenvalue weighted by Gasteiger charge is 2.22. The number of carbonyl (C=O) groups is 2. The largest absolute Gasteiger partial charge is 0.493 e. The van der Waals surface area contributed by atoms with Crippen LogP contribution in [0.2, 0.25) is 0 Å². The molecule has 0 unspecified atom stereocenters. The van der Waals surface area contributed by atoms with Crippen molar-refractivity contribution in [3.8, 4) is 5.75 Å². The fraction of sp³-hybridized carbons (Fsp3) is 0.351. The maximum atomic E-state index is 11.9. The number of fused-ring (bicyclic) bond motifs is 1. The number of allylic oxidation sites excluding steroid dienone is 2. The van der Waals surface area contributed by atoms with Crippen LogP contribution in [-0.2, 0) is 42.4 Å². The molecule has 0 radical (unpaired) electrons. The molecular weight excluding hydrogens is 564 g/mol. The second kappa shape index (κ2) is 15.7. The van der Waals surface area contributed by atoms with Crippen LogP contribution in [0.3, 0.4) is 0 Å². The van der Waals surface area contributed by atoms with Crippen molar-refractivity contribution in [3.05, 3.63) is 123 Å². The van der Waals surface area contributed by atoms with E-state index in [1.54, 1.807) is 0 Å². The summed E-state index contributed by atoms with van der Waals surface area (Å²) < 4.78 is 12.1. The molecule has 1 amide bonds.